The monoisotopic (exact) mass is 492 g/mol. The van der Waals surface area contributed by atoms with Crippen LogP contribution in [0.4, 0.5) is 19.1 Å². The molecule has 3 heterocycles. The predicted molar refractivity (Wildman–Crippen MR) is 129 cm³/mol. The molecule has 0 aliphatic rings. The van der Waals surface area contributed by atoms with Crippen molar-refractivity contribution in [2.75, 3.05) is 19.0 Å². The molecule has 0 spiro atoms. The minimum absolute atomic E-state index is 0.226. The third-order valence-corrected chi connectivity index (χ3v) is 5.52. The Bertz CT molecular complexity index is 1560. The van der Waals surface area contributed by atoms with Gasteiger partial charge in [-0.05, 0) is 35.9 Å². The lowest BCUT2D eigenvalue weighted by Crippen LogP contribution is -2.23. The number of nitrogens with one attached hydrogen (secondary N) is 2. The Kier molecular flexibility index (Phi) is 5.88. The van der Waals surface area contributed by atoms with Gasteiger partial charge in [0, 0.05) is 35.2 Å². The number of aromatic nitrogens is 5. The number of hydrogen-bond donors (Lipinski definition) is 2. The van der Waals surface area contributed by atoms with E-state index < -0.39 is 12.7 Å². The largest absolute Gasteiger partial charge is 0.497 e. The van der Waals surface area contributed by atoms with Crippen molar-refractivity contribution in [1.29, 1.82) is 0 Å². The van der Waals surface area contributed by atoms with Gasteiger partial charge in [0.2, 0.25) is 5.95 Å². The maximum atomic E-state index is 13.7. The summed E-state index contributed by atoms with van der Waals surface area (Å²) >= 11 is 0. The van der Waals surface area contributed by atoms with Crippen molar-refractivity contribution < 1.29 is 17.9 Å². The first-order valence-corrected chi connectivity index (χ1v) is 10.8. The highest BCUT2D eigenvalue weighted by Gasteiger charge is 2.27. The Morgan fingerprint density at radius 2 is 1.75 bits per heavy atom. The molecule has 0 amide bonds. The van der Waals surface area contributed by atoms with Crippen molar-refractivity contribution in [2.24, 2.45) is 0 Å². The number of halogens is 3. The average Bonchev–Trinajstić information content (AvgIpc) is 3.42. The number of methoxy groups -OCH3 is 1. The van der Waals surface area contributed by atoms with Crippen molar-refractivity contribution in [3.05, 3.63) is 83.5 Å². The zero-order chi connectivity index (χ0) is 25.3. The van der Waals surface area contributed by atoms with Crippen LogP contribution >= 0.6 is 0 Å². The molecule has 0 fully saturated rings. The maximum absolute atomic E-state index is 13.7. The van der Waals surface area contributed by atoms with Crippen LogP contribution in [0.5, 0.6) is 5.75 Å². The fourth-order valence-electron chi connectivity index (χ4n) is 3.79. The smallest absolute Gasteiger partial charge is 0.405 e. The Hall–Kier alpha value is -4.67. The number of anilines is 1. The quantitative estimate of drug-likeness (QED) is 0.353. The van der Waals surface area contributed by atoms with E-state index in [0.29, 0.717) is 22.4 Å². The van der Waals surface area contributed by atoms with Gasteiger partial charge in [-0.3, -0.25) is 14.5 Å². The van der Waals surface area contributed by atoms with Gasteiger partial charge in [-0.25, -0.2) is 9.97 Å². The van der Waals surface area contributed by atoms with Crippen LogP contribution in [0.15, 0.2) is 78.0 Å². The van der Waals surface area contributed by atoms with Gasteiger partial charge in [0.15, 0.2) is 0 Å². The van der Waals surface area contributed by atoms with Crippen molar-refractivity contribution in [3.8, 4) is 33.8 Å². The molecule has 0 unspecified atom stereocenters. The van der Waals surface area contributed by atoms with E-state index in [9.17, 15) is 18.0 Å². The molecule has 0 atom stereocenters. The highest BCUT2D eigenvalue weighted by molar-refractivity contribution is 5.93. The summed E-state index contributed by atoms with van der Waals surface area (Å²) in [6, 6.07) is 15.9. The Morgan fingerprint density at radius 1 is 1.03 bits per heavy atom. The second-order valence-corrected chi connectivity index (χ2v) is 7.88. The van der Waals surface area contributed by atoms with Crippen molar-refractivity contribution in [2.45, 2.75) is 6.18 Å². The summed E-state index contributed by atoms with van der Waals surface area (Å²) in [5.74, 6) is 0.404. The van der Waals surface area contributed by atoms with Crippen LogP contribution in [0.1, 0.15) is 0 Å². The predicted octanol–water partition coefficient (Wildman–Crippen LogP) is 4.82. The molecule has 3 aromatic heterocycles. The van der Waals surface area contributed by atoms with Gasteiger partial charge in [0.1, 0.15) is 12.3 Å². The van der Waals surface area contributed by atoms with E-state index in [2.05, 4.69) is 25.5 Å². The van der Waals surface area contributed by atoms with Crippen LogP contribution in [0, 0.1) is 0 Å². The fourth-order valence-corrected chi connectivity index (χ4v) is 3.79. The molecule has 182 valence electrons. The van der Waals surface area contributed by atoms with Crippen LogP contribution in [-0.4, -0.2) is 44.6 Å². The average molecular weight is 492 g/mol. The van der Waals surface area contributed by atoms with E-state index in [4.69, 9.17) is 4.74 Å². The number of fused-ring (bicyclic) bond motifs is 1. The van der Waals surface area contributed by atoms with Crippen molar-refractivity contribution >= 4 is 16.9 Å². The van der Waals surface area contributed by atoms with Gasteiger partial charge in [0.25, 0.3) is 5.56 Å². The molecule has 11 heteroatoms. The number of rotatable bonds is 6. The number of nitrogens with zero attached hydrogens (tertiary/aromatic N) is 4. The Balaban J connectivity index is 1.68. The Labute approximate surface area is 202 Å². The number of H-pyrrole nitrogens is 1. The van der Waals surface area contributed by atoms with Gasteiger partial charge in [-0.1, -0.05) is 24.3 Å². The number of hydrogen-bond acceptors (Lipinski definition) is 6. The normalized spacial score (nSPS) is 11.6. The first kappa shape index (κ1) is 23.1. The first-order chi connectivity index (χ1) is 17.3. The van der Waals surface area contributed by atoms with Crippen molar-refractivity contribution in [1.82, 2.24) is 24.7 Å². The molecule has 2 N–H and O–H groups in total. The lowest BCUT2D eigenvalue weighted by atomic mass is 10.0. The molecule has 2 aromatic carbocycles. The second-order valence-electron chi connectivity index (χ2n) is 7.88. The zero-order valence-corrected chi connectivity index (χ0v) is 18.9. The van der Waals surface area contributed by atoms with E-state index >= 15 is 0 Å². The number of aromatic amines is 1. The van der Waals surface area contributed by atoms with Crippen LogP contribution in [0.25, 0.3) is 39.0 Å². The van der Waals surface area contributed by atoms with Gasteiger partial charge in [-0.2, -0.15) is 18.3 Å². The molecule has 5 aromatic rings. The molecule has 0 saturated carbocycles. The second kappa shape index (κ2) is 9.17. The Morgan fingerprint density at radius 3 is 2.39 bits per heavy atom. The fraction of sp³-hybridized carbons (Fsp3) is 0.120. The summed E-state index contributed by atoms with van der Waals surface area (Å²) in [6.07, 6.45) is 0.214. The number of pyridine rings is 1. The lowest BCUT2D eigenvalue weighted by Gasteiger charge is -2.14. The molecule has 0 aliphatic heterocycles. The zero-order valence-electron chi connectivity index (χ0n) is 18.9. The summed E-state index contributed by atoms with van der Waals surface area (Å²) in [4.78, 5) is 22.0. The minimum atomic E-state index is -4.44. The molecule has 36 heavy (non-hydrogen) atoms. The molecule has 0 aliphatic carbocycles. The van der Waals surface area contributed by atoms with E-state index in [1.165, 1.54) is 10.8 Å². The summed E-state index contributed by atoms with van der Waals surface area (Å²) in [5, 5.41) is 9.57. The third-order valence-electron chi connectivity index (χ3n) is 5.52. The third kappa shape index (κ3) is 4.63. The molecule has 8 nitrogen and oxygen atoms in total. The van der Waals surface area contributed by atoms with Crippen LogP contribution in [-0.2, 0) is 0 Å². The molecular weight excluding hydrogens is 473 g/mol. The maximum Gasteiger partial charge on any atom is 0.405 e. The summed E-state index contributed by atoms with van der Waals surface area (Å²) in [5.41, 5.74) is 2.77. The van der Waals surface area contributed by atoms with Gasteiger partial charge >= 0.3 is 6.18 Å². The van der Waals surface area contributed by atoms with Gasteiger partial charge in [-0.15, -0.1) is 0 Å². The minimum Gasteiger partial charge on any atom is -0.497 e. The highest BCUT2D eigenvalue weighted by Crippen LogP contribution is 2.28. The lowest BCUT2D eigenvalue weighted by molar-refractivity contribution is -0.115. The summed E-state index contributed by atoms with van der Waals surface area (Å²) in [6.45, 7) is -1.30. The number of benzene rings is 2. The molecule has 5 rings (SSSR count). The highest BCUT2D eigenvalue weighted by atomic mass is 19.4. The van der Waals surface area contributed by atoms with Crippen LogP contribution in [0.2, 0.25) is 0 Å². The van der Waals surface area contributed by atoms with Crippen LogP contribution in [0.3, 0.4) is 0 Å². The van der Waals surface area contributed by atoms with E-state index in [-0.39, 0.29) is 22.6 Å². The molecule has 0 saturated heterocycles. The molecule has 0 bridgehead atoms. The van der Waals surface area contributed by atoms with E-state index in [0.717, 1.165) is 11.3 Å². The van der Waals surface area contributed by atoms with Gasteiger partial charge < -0.3 is 10.1 Å². The number of ether oxygens (including phenoxy) is 1. The summed E-state index contributed by atoms with van der Waals surface area (Å²) < 4.78 is 44.8. The standard InChI is InChI=1S/C25H19F3N6O2/c1-36-19-8-6-18(7-9-19)34-13-17-12-29-24(30-14-25(26,27)28)32-22(17)21(23(34)35)16-4-2-15(3-5-16)20-10-11-31-33-20/h2-13H,14H2,1H3,(H,30,32)(H,31,33). The summed E-state index contributed by atoms with van der Waals surface area (Å²) in [7, 11) is 1.55. The molecular formula is C25H19F3N6O2. The topological polar surface area (TPSA) is 97.7 Å². The van der Waals surface area contributed by atoms with E-state index in [1.54, 1.807) is 55.9 Å². The molecule has 0 radical (unpaired) electrons. The van der Waals surface area contributed by atoms with Gasteiger partial charge in [0.05, 0.1) is 23.9 Å². The SMILES string of the molecule is COc1ccc(-n2cc3cnc(NCC(F)(F)F)nc3c(-c3ccc(-c4cc[nH]n4)cc3)c2=O)cc1. The first-order valence-electron chi connectivity index (χ1n) is 10.8. The number of alkyl halides is 3. The van der Waals surface area contributed by atoms with Crippen LogP contribution < -0.4 is 15.6 Å². The van der Waals surface area contributed by atoms with E-state index in [1.807, 2.05) is 18.2 Å². The van der Waals surface area contributed by atoms with Crippen molar-refractivity contribution in [3.63, 3.8) is 0 Å².